The molecule has 21 heavy (non-hydrogen) atoms. The van der Waals surface area contributed by atoms with Crippen molar-refractivity contribution in [2.45, 2.75) is 46.3 Å². The lowest BCUT2D eigenvalue weighted by Gasteiger charge is -2.35. The minimum atomic E-state index is 0.160. The highest BCUT2D eigenvalue weighted by Gasteiger charge is 2.25. The molecule has 1 aromatic rings. The zero-order valence-corrected chi connectivity index (χ0v) is 13.3. The molecule has 0 unspecified atom stereocenters. The first kappa shape index (κ1) is 15.8. The fourth-order valence-electron chi connectivity index (χ4n) is 2.34. The largest absolute Gasteiger partial charge is 0.464 e. The van der Waals surface area contributed by atoms with Crippen LogP contribution in [0.3, 0.4) is 0 Å². The van der Waals surface area contributed by atoms with Gasteiger partial charge in [0.15, 0.2) is 0 Å². The third kappa shape index (κ3) is 4.42. The van der Waals surface area contributed by atoms with Crippen LogP contribution in [0.1, 0.15) is 34.1 Å². The van der Waals surface area contributed by atoms with Crippen LogP contribution < -0.4 is 15.0 Å². The van der Waals surface area contributed by atoms with Crippen molar-refractivity contribution < 1.29 is 9.47 Å². The van der Waals surface area contributed by atoms with Crippen LogP contribution in [-0.2, 0) is 4.74 Å². The average molecular weight is 295 g/mol. The lowest BCUT2D eigenvalue weighted by Crippen LogP contribution is -2.46. The van der Waals surface area contributed by atoms with Crippen LogP contribution in [0.25, 0.3) is 0 Å². The summed E-state index contributed by atoms with van der Waals surface area (Å²) in [7, 11) is 0. The first-order chi connectivity index (χ1) is 10.1. The molecule has 2 heterocycles. The molecule has 0 aliphatic carbocycles. The number of morpholine rings is 1. The van der Waals surface area contributed by atoms with E-state index in [4.69, 9.17) is 9.47 Å². The van der Waals surface area contributed by atoms with E-state index in [1.807, 2.05) is 6.92 Å². The molecule has 2 rings (SSSR count). The highest BCUT2D eigenvalue weighted by Crippen LogP contribution is 2.20. The van der Waals surface area contributed by atoms with Crippen molar-refractivity contribution in [2.24, 2.45) is 0 Å². The van der Waals surface area contributed by atoms with Crippen LogP contribution in [0.4, 0.5) is 11.9 Å². The number of rotatable bonds is 6. The lowest BCUT2D eigenvalue weighted by molar-refractivity contribution is -0.00577. The molecule has 1 aliphatic heterocycles. The third-order valence-corrected chi connectivity index (χ3v) is 3.11. The van der Waals surface area contributed by atoms with Gasteiger partial charge in [-0.3, -0.25) is 0 Å². The highest BCUT2D eigenvalue weighted by atomic mass is 16.5. The molecule has 0 amide bonds. The van der Waals surface area contributed by atoms with E-state index in [0.717, 1.165) is 26.1 Å². The van der Waals surface area contributed by atoms with E-state index in [9.17, 15) is 0 Å². The smallest absolute Gasteiger partial charge is 0.323 e. The zero-order chi connectivity index (χ0) is 15.2. The number of hydrogen-bond acceptors (Lipinski definition) is 7. The molecular weight excluding hydrogens is 270 g/mol. The van der Waals surface area contributed by atoms with Crippen LogP contribution in [0.5, 0.6) is 6.01 Å². The second-order valence-corrected chi connectivity index (χ2v) is 5.26. The number of anilines is 2. The molecule has 0 radical (unpaired) electrons. The van der Waals surface area contributed by atoms with Crippen molar-refractivity contribution in [1.82, 2.24) is 15.0 Å². The van der Waals surface area contributed by atoms with Crippen molar-refractivity contribution in [3.63, 3.8) is 0 Å². The van der Waals surface area contributed by atoms with Crippen LogP contribution in [0, 0.1) is 0 Å². The van der Waals surface area contributed by atoms with Gasteiger partial charge in [0.2, 0.25) is 11.9 Å². The van der Waals surface area contributed by atoms with E-state index in [1.54, 1.807) is 0 Å². The molecule has 1 fully saturated rings. The summed E-state index contributed by atoms with van der Waals surface area (Å²) in [5, 5.41) is 3.19. The normalized spacial score (nSPS) is 22.2. The Bertz CT molecular complexity index is 447. The summed E-state index contributed by atoms with van der Waals surface area (Å²) >= 11 is 0. The van der Waals surface area contributed by atoms with Crippen molar-refractivity contribution in [1.29, 1.82) is 0 Å². The van der Waals surface area contributed by atoms with Crippen molar-refractivity contribution in [3.8, 4) is 6.01 Å². The molecule has 1 saturated heterocycles. The Morgan fingerprint density at radius 1 is 1.19 bits per heavy atom. The first-order valence-electron chi connectivity index (χ1n) is 7.65. The maximum Gasteiger partial charge on any atom is 0.323 e. The molecule has 1 aromatic heterocycles. The summed E-state index contributed by atoms with van der Waals surface area (Å²) in [6.07, 6.45) is 1.33. The van der Waals surface area contributed by atoms with Gasteiger partial charge in [-0.25, -0.2) is 0 Å². The van der Waals surface area contributed by atoms with Crippen LogP contribution >= 0.6 is 0 Å². The van der Waals surface area contributed by atoms with Crippen LogP contribution in [-0.4, -0.2) is 53.4 Å². The van der Waals surface area contributed by atoms with E-state index >= 15 is 0 Å². The Kier molecular flexibility index (Phi) is 5.55. The molecule has 0 saturated carbocycles. The molecule has 7 heteroatoms. The lowest BCUT2D eigenvalue weighted by atomic mass is 10.2. The van der Waals surface area contributed by atoms with Crippen molar-refractivity contribution >= 4 is 11.9 Å². The number of hydrogen-bond donors (Lipinski definition) is 1. The van der Waals surface area contributed by atoms with Gasteiger partial charge in [-0.05, 0) is 27.2 Å². The molecule has 0 aromatic carbocycles. The third-order valence-electron chi connectivity index (χ3n) is 3.11. The maximum atomic E-state index is 5.75. The molecule has 0 bridgehead atoms. The van der Waals surface area contributed by atoms with Crippen molar-refractivity contribution in [3.05, 3.63) is 0 Å². The number of nitrogens with zero attached hydrogens (tertiary/aromatic N) is 4. The summed E-state index contributed by atoms with van der Waals surface area (Å²) < 4.78 is 11.2. The predicted octanol–water partition coefficient (Wildman–Crippen LogP) is 1.71. The van der Waals surface area contributed by atoms with Gasteiger partial charge in [0.05, 0.1) is 18.8 Å². The molecule has 1 N–H and O–H groups in total. The molecule has 0 spiro atoms. The number of aromatic nitrogens is 3. The SMILES string of the molecule is CCCNc1nc(OCC)nc(N2C[C@@H](C)O[C@@H](C)C2)n1. The fraction of sp³-hybridized carbons (Fsp3) is 0.786. The van der Waals surface area contributed by atoms with E-state index in [0.29, 0.717) is 24.5 Å². The van der Waals surface area contributed by atoms with E-state index < -0.39 is 0 Å². The van der Waals surface area contributed by atoms with Crippen LogP contribution in [0.2, 0.25) is 0 Å². The Balaban J connectivity index is 2.21. The molecule has 7 nitrogen and oxygen atoms in total. The topological polar surface area (TPSA) is 72.4 Å². The minimum absolute atomic E-state index is 0.160. The van der Waals surface area contributed by atoms with E-state index in [1.165, 1.54) is 0 Å². The first-order valence-corrected chi connectivity index (χ1v) is 7.65. The van der Waals surface area contributed by atoms with Crippen LogP contribution in [0.15, 0.2) is 0 Å². The van der Waals surface area contributed by atoms with E-state index in [2.05, 4.69) is 45.9 Å². The van der Waals surface area contributed by atoms with Gasteiger partial charge in [-0.2, -0.15) is 15.0 Å². The Morgan fingerprint density at radius 2 is 1.90 bits per heavy atom. The second-order valence-electron chi connectivity index (χ2n) is 5.26. The van der Waals surface area contributed by atoms with Gasteiger partial charge in [-0.15, -0.1) is 0 Å². The Labute approximate surface area is 126 Å². The average Bonchev–Trinajstić information content (AvgIpc) is 2.44. The predicted molar refractivity (Wildman–Crippen MR) is 82.0 cm³/mol. The maximum absolute atomic E-state index is 5.75. The van der Waals surface area contributed by atoms with Gasteiger partial charge in [0.25, 0.3) is 0 Å². The summed E-state index contributed by atoms with van der Waals surface area (Å²) in [6, 6.07) is 0.368. The molecule has 118 valence electrons. The molecule has 2 atom stereocenters. The molecule has 1 aliphatic rings. The summed E-state index contributed by atoms with van der Waals surface area (Å²) in [5.41, 5.74) is 0. The summed E-state index contributed by atoms with van der Waals surface area (Å²) in [5.74, 6) is 1.21. The zero-order valence-electron chi connectivity index (χ0n) is 13.3. The second kappa shape index (κ2) is 7.40. The minimum Gasteiger partial charge on any atom is -0.464 e. The number of nitrogens with one attached hydrogen (secondary N) is 1. The Morgan fingerprint density at radius 3 is 2.52 bits per heavy atom. The van der Waals surface area contributed by atoms with E-state index in [-0.39, 0.29) is 12.2 Å². The quantitative estimate of drug-likeness (QED) is 0.856. The highest BCUT2D eigenvalue weighted by molar-refractivity contribution is 5.39. The summed E-state index contributed by atoms with van der Waals surface area (Å²) in [6.45, 7) is 11.0. The van der Waals surface area contributed by atoms with Gasteiger partial charge in [0, 0.05) is 19.6 Å². The standard InChI is InChI=1S/C14H25N5O2/c1-5-7-15-12-16-13(18-14(17-12)20-6-2)19-8-10(3)21-11(4)9-19/h10-11H,5-9H2,1-4H3,(H,15,16,17,18)/t10-,11+. The van der Waals surface area contributed by atoms with Gasteiger partial charge in [-0.1, -0.05) is 6.92 Å². The van der Waals surface area contributed by atoms with Gasteiger partial charge < -0.3 is 19.7 Å². The monoisotopic (exact) mass is 295 g/mol. The van der Waals surface area contributed by atoms with Crippen molar-refractivity contribution in [2.75, 3.05) is 36.5 Å². The fourth-order valence-corrected chi connectivity index (χ4v) is 2.34. The van der Waals surface area contributed by atoms with Gasteiger partial charge >= 0.3 is 6.01 Å². The number of ether oxygens (including phenoxy) is 2. The molecular formula is C14H25N5O2. The Hall–Kier alpha value is -1.63. The van der Waals surface area contributed by atoms with Gasteiger partial charge in [0.1, 0.15) is 0 Å². The summed E-state index contributed by atoms with van der Waals surface area (Å²) in [4.78, 5) is 15.3.